The van der Waals surface area contributed by atoms with Crippen LogP contribution in [-0.4, -0.2) is 45.3 Å². The molecule has 124 valence electrons. The van der Waals surface area contributed by atoms with Gasteiger partial charge in [-0.2, -0.15) is 0 Å². The Morgan fingerprint density at radius 2 is 1.91 bits per heavy atom. The average molecular weight is 327 g/mol. The van der Waals surface area contributed by atoms with Gasteiger partial charge in [0.05, 0.1) is 19.2 Å². The highest BCUT2D eigenvalue weighted by Crippen LogP contribution is 2.43. The lowest BCUT2D eigenvalue weighted by molar-refractivity contribution is 0.128. The van der Waals surface area contributed by atoms with Gasteiger partial charge in [-0.25, -0.2) is 0 Å². The first-order valence-electron chi connectivity index (χ1n) is 7.99. The molecule has 1 fully saturated rings. The highest BCUT2D eigenvalue weighted by molar-refractivity contribution is 6.33. The van der Waals surface area contributed by atoms with Gasteiger partial charge >= 0.3 is 0 Å². The van der Waals surface area contributed by atoms with Crippen LogP contribution in [0.3, 0.4) is 0 Å². The van der Waals surface area contributed by atoms with Crippen molar-refractivity contribution in [2.75, 3.05) is 40.4 Å². The summed E-state index contributed by atoms with van der Waals surface area (Å²) in [4.78, 5) is 2.53. The zero-order valence-corrected chi connectivity index (χ0v) is 14.7. The third-order valence-electron chi connectivity index (χ3n) is 4.56. The average Bonchev–Trinajstić information content (AvgIpc) is 2.57. The van der Waals surface area contributed by atoms with Gasteiger partial charge in [0.25, 0.3) is 0 Å². The number of hydrogen-bond acceptors (Lipinski definition) is 4. The molecule has 1 unspecified atom stereocenters. The van der Waals surface area contributed by atoms with Crippen molar-refractivity contribution in [1.82, 2.24) is 10.2 Å². The van der Waals surface area contributed by atoms with Crippen molar-refractivity contribution in [3.05, 3.63) is 22.7 Å². The SMILES string of the molecule is CCC(C)[C@H](c1ccc(OC)c(OC)c1Cl)N1CCNCC1. The second kappa shape index (κ2) is 8.04. The van der Waals surface area contributed by atoms with Gasteiger partial charge in [-0.3, -0.25) is 4.90 Å². The van der Waals surface area contributed by atoms with Gasteiger partial charge in [0.2, 0.25) is 0 Å². The monoisotopic (exact) mass is 326 g/mol. The molecule has 0 spiro atoms. The fraction of sp³-hybridized carbons (Fsp3) is 0.647. The maximum Gasteiger partial charge on any atom is 0.179 e. The van der Waals surface area contributed by atoms with Crippen LogP contribution in [-0.2, 0) is 0 Å². The molecule has 0 amide bonds. The number of halogens is 1. The first-order valence-corrected chi connectivity index (χ1v) is 8.36. The summed E-state index contributed by atoms with van der Waals surface area (Å²) >= 11 is 6.66. The smallest absolute Gasteiger partial charge is 0.179 e. The second-order valence-electron chi connectivity index (χ2n) is 5.82. The van der Waals surface area contributed by atoms with E-state index in [0.29, 0.717) is 28.5 Å². The van der Waals surface area contributed by atoms with Crippen LogP contribution in [0.5, 0.6) is 11.5 Å². The van der Waals surface area contributed by atoms with E-state index in [1.54, 1.807) is 14.2 Å². The molecule has 22 heavy (non-hydrogen) atoms. The van der Waals surface area contributed by atoms with Crippen molar-refractivity contribution in [3.63, 3.8) is 0 Å². The van der Waals surface area contributed by atoms with Crippen molar-refractivity contribution in [2.45, 2.75) is 26.3 Å². The number of rotatable bonds is 6. The van der Waals surface area contributed by atoms with E-state index in [0.717, 1.165) is 38.2 Å². The molecule has 5 heteroatoms. The maximum absolute atomic E-state index is 6.66. The van der Waals surface area contributed by atoms with E-state index < -0.39 is 0 Å². The minimum Gasteiger partial charge on any atom is -0.493 e. The Bertz CT molecular complexity index is 490. The van der Waals surface area contributed by atoms with E-state index in [1.165, 1.54) is 0 Å². The predicted octanol–water partition coefficient (Wildman–Crippen LogP) is 3.35. The van der Waals surface area contributed by atoms with Crippen LogP contribution in [0.4, 0.5) is 0 Å². The molecule has 1 aliphatic rings. The normalized spacial score (nSPS) is 18.8. The third kappa shape index (κ3) is 3.50. The van der Waals surface area contributed by atoms with Crippen molar-refractivity contribution in [3.8, 4) is 11.5 Å². The highest BCUT2D eigenvalue weighted by Gasteiger charge is 2.29. The molecule has 1 saturated heterocycles. The Hall–Kier alpha value is -0.970. The molecule has 1 N–H and O–H groups in total. The standard InChI is InChI=1S/C17H27ClN2O2/c1-5-12(2)16(20-10-8-19-9-11-20)13-6-7-14(21-3)17(22-4)15(13)18/h6-7,12,16,19H,5,8-11H2,1-4H3/t12?,16-/m1/s1. The number of hydrogen-bond donors (Lipinski definition) is 1. The lowest BCUT2D eigenvalue weighted by Crippen LogP contribution is -2.46. The van der Waals surface area contributed by atoms with Crippen LogP contribution in [0.25, 0.3) is 0 Å². The Morgan fingerprint density at radius 1 is 1.23 bits per heavy atom. The summed E-state index contributed by atoms with van der Waals surface area (Å²) in [6.45, 7) is 8.66. The largest absolute Gasteiger partial charge is 0.493 e. The minimum absolute atomic E-state index is 0.305. The fourth-order valence-electron chi connectivity index (χ4n) is 3.18. The van der Waals surface area contributed by atoms with Crippen molar-refractivity contribution >= 4 is 11.6 Å². The van der Waals surface area contributed by atoms with E-state index in [-0.39, 0.29) is 0 Å². The molecule has 1 aliphatic heterocycles. The van der Waals surface area contributed by atoms with Crippen LogP contribution < -0.4 is 14.8 Å². The topological polar surface area (TPSA) is 33.7 Å². The van der Waals surface area contributed by atoms with Crippen LogP contribution >= 0.6 is 11.6 Å². The summed E-state index contributed by atoms with van der Waals surface area (Å²) in [6, 6.07) is 4.35. The number of benzene rings is 1. The Morgan fingerprint density at radius 3 is 2.45 bits per heavy atom. The summed E-state index contributed by atoms with van der Waals surface area (Å²) in [6.07, 6.45) is 1.11. The lowest BCUT2D eigenvalue weighted by Gasteiger charge is -2.39. The molecule has 1 aromatic rings. The molecule has 0 saturated carbocycles. The summed E-state index contributed by atoms with van der Waals surface area (Å²) in [5, 5.41) is 4.09. The van der Waals surface area contributed by atoms with E-state index in [9.17, 15) is 0 Å². The van der Waals surface area contributed by atoms with Gasteiger partial charge in [-0.1, -0.05) is 37.9 Å². The second-order valence-corrected chi connectivity index (χ2v) is 6.20. The Labute approximate surface area is 138 Å². The molecule has 2 atom stereocenters. The zero-order valence-electron chi connectivity index (χ0n) is 14.0. The molecular weight excluding hydrogens is 300 g/mol. The van der Waals surface area contributed by atoms with E-state index in [2.05, 4.69) is 30.1 Å². The first kappa shape index (κ1) is 17.4. The Balaban J connectivity index is 2.42. The highest BCUT2D eigenvalue weighted by atomic mass is 35.5. The third-order valence-corrected chi connectivity index (χ3v) is 4.95. The summed E-state index contributed by atoms with van der Waals surface area (Å²) < 4.78 is 10.8. The van der Waals surface area contributed by atoms with Gasteiger partial charge < -0.3 is 14.8 Å². The molecule has 2 rings (SSSR count). The molecule has 0 aliphatic carbocycles. The van der Waals surface area contributed by atoms with Crippen molar-refractivity contribution < 1.29 is 9.47 Å². The number of nitrogens with one attached hydrogen (secondary N) is 1. The summed E-state index contributed by atoms with van der Waals surface area (Å²) in [5.41, 5.74) is 1.13. The molecule has 0 bridgehead atoms. The minimum atomic E-state index is 0.305. The zero-order chi connectivity index (χ0) is 16.1. The quantitative estimate of drug-likeness (QED) is 0.869. The number of nitrogens with zero attached hydrogens (tertiary/aromatic N) is 1. The number of ether oxygens (including phenoxy) is 2. The number of methoxy groups -OCH3 is 2. The van der Waals surface area contributed by atoms with Gasteiger partial charge in [0, 0.05) is 32.2 Å². The van der Waals surface area contributed by atoms with Crippen LogP contribution in [0, 0.1) is 5.92 Å². The van der Waals surface area contributed by atoms with E-state index in [4.69, 9.17) is 21.1 Å². The molecule has 0 aromatic heterocycles. The first-order chi connectivity index (χ1) is 10.6. The van der Waals surface area contributed by atoms with Crippen LogP contribution in [0.1, 0.15) is 31.9 Å². The molecule has 4 nitrogen and oxygen atoms in total. The van der Waals surface area contributed by atoms with E-state index >= 15 is 0 Å². The number of piperazine rings is 1. The molecule has 0 radical (unpaired) electrons. The summed E-state index contributed by atoms with van der Waals surface area (Å²) in [7, 11) is 3.27. The molecule has 1 aromatic carbocycles. The predicted molar refractivity (Wildman–Crippen MR) is 91.2 cm³/mol. The summed E-state index contributed by atoms with van der Waals surface area (Å²) in [5.74, 6) is 1.83. The van der Waals surface area contributed by atoms with Crippen LogP contribution in [0.2, 0.25) is 5.02 Å². The van der Waals surface area contributed by atoms with Gasteiger partial charge in [0.1, 0.15) is 0 Å². The van der Waals surface area contributed by atoms with Gasteiger partial charge in [-0.15, -0.1) is 0 Å². The van der Waals surface area contributed by atoms with Crippen molar-refractivity contribution in [1.29, 1.82) is 0 Å². The maximum atomic E-state index is 6.66. The lowest BCUT2D eigenvalue weighted by atomic mass is 9.90. The van der Waals surface area contributed by atoms with Crippen LogP contribution in [0.15, 0.2) is 12.1 Å². The van der Waals surface area contributed by atoms with E-state index in [1.807, 2.05) is 6.07 Å². The van der Waals surface area contributed by atoms with Gasteiger partial charge in [-0.05, 0) is 17.5 Å². The van der Waals surface area contributed by atoms with Crippen molar-refractivity contribution in [2.24, 2.45) is 5.92 Å². The Kier molecular flexibility index (Phi) is 6.36. The fourth-order valence-corrected chi connectivity index (χ4v) is 3.52. The molecule has 1 heterocycles. The molecular formula is C17H27ClN2O2. The van der Waals surface area contributed by atoms with Gasteiger partial charge in [0.15, 0.2) is 11.5 Å².